The minimum atomic E-state index is -0.533. The van der Waals surface area contributed by atoms with Crippen LogP contribution in [0.15, 0.2) is 30.3 Å². The van der Waals surface area contributed by atoms with Gasteiger partial charge in [0.2, 0.25) is 0 Å². The van der Waals surface area contributed by atoms with Crippen molar-refractivity contribution in [3.63, 3.8) is 0 Å². The van der Waals surface area contributed by atoms with E-state index in [-0.39, 0.29) is 23.1 Å². The lowest BCUT2D eigenvalue weighted by atomic mass is 10.3. The molecule has 0 amide bonds. The fourth-order valence-corrected chi connectivity index (χ4v) is 1.80. The van der Waals surface area contributed by atoms with Gasteiger partial charge in [-0.15, -0.1) is 0 Å². The first-order valence-electron chi connectivity index (χ1n) is 5.45. The quantitative estimate of drug-likeness (QED) is 0.689. The number of rotatable bonds is 4. The summed E-state index contributed by atoms with van der Waals surface area (Å²) in [6.07, 6.45) is 0. The van der Waals surface area contributed by atoms with Gasteiger partial charge in [0.1, 0.15) is 18.2 Å². The number of aromatic nitrogens is 1. The molecule has 0 saturated carbocycles. The number of hydrogen-bond donors (Lipinski definition) is 1. The van der Waals surface area contributed by atoms with Gasteiger partial charge in [-0.3, -0.25) is 10.1 Å². The summed E-state index contributed by atoms with van der Waals surface area (Å²) in [5.74, 6) is 0.485. The lowest BCUT2D eigenvalue weighted by Gasteiger charge is -2.09. The third-order valence-corrected chi connectivity index (χ3v) is 3.09. The molecule has 0 unspecified atom stereocenters. The molecule has 0 spiro atoms. The SMILES string of the molecule is Nc1ccc(Cl)c(COc2cc([N+](=O)[O-])ccc2Cl)n1. The number of nitrogen functional groups attached to an aromatic ring is 1. The molecule has 0 atom stereocenters. The molecule has 0 aliphatic rings. The number of halogens is 2. The highest BCUT2D eigenvalue weighted by Crippen LogP contribution is 2.30. The first kappa shape index (κ1) is 14.4. The van der Waals surface area contributed by atoms with E-state index in [1.807, 2.05) is 0 Å². The number of pyridine rings is 1. The second-order valence-corrected chi connectivity index (χ2v) is 4.64. The van der Waals surface area contributed by atoms with Gasteiger partial charge in [-0.05, 0) is 18.2 Å². The smallest absolute Gasteiger partial charge is 0.273 e. The van der Waals surface area contributed by atoms with Crippen molar-refractivity contribution < 1.29 is 9.66 Å². The Labute approximate surface area is 124 Å². The number of nitrogens with two attached hydrogens (primary N) is 1. The van der Waals surface area contributed by atoms with Crippen LogP contribution in [0.2, 0.25) is 10.0 Å². The average Bonchev–Trinajstić information content (AvgIpc) is 2.41. The standard InChI is InChI=1S/C12H9Cl2N3O3/c13-8-3-4-12(15)16-10(8)6-20-11-5-7(17(18)19)1-2-9(11)14/h1-5H,6H2,(H2,15,16). The van der Waals surface area contributed by atoms with E-state index in [2.05, 4.69) is 4.98 Å². The number of nitrogens with zero attached hydrogens (tertiary/aromatic N) is 2. The molecule has 6 nitrogen and oxygen atoms in total. The minimum absolute atomic E-state index is 0.00472. The van der Waals surface area contributed by atoms with E-state index in [0.29, 0.717) is 16.5 Å². The summed E-state index contributed by atoms with van der Waals surface area (Å²) >= 11 is 11.9. The number of non-ortho nitro benzene ring substituents is 1. The molecule has 2 rings (SSSR count). The zero-order valence-corrected chi connectivity index (χ0v) is 11.6. The molecule has 2 N–H and O–H groups in total. The van der Waals surface area contributed by atoms with Gasteiger partial charge in [-0.25, -0.2) is 4.98 Å². The topological polar surface area (TPSA) is 91.3 Å². The number of benzene rings is 1. The van der Waals surface area contributed by atoms with Crippen LogP contribution >= 0.6 is 23.2 Å². The molecular weight excluding hydrogens is 305 g/mol. The number of hydrogen-bond acceptors (Lipinski definition) is 5. The fraction of sp³-hybridized carbons (Fsp3) is 0.0833. The largest absolute Gasteiger partial charge is 0.485 e. The molecule has 0 saturated heterocycles. The number of nitro groups is 1. The Kier molecular flexibility index (Phi) is 4.26. The molecule has 1 heterocycles. The van der Waals surface area contributed by atoms with Crippen LogP contribution in [0.5, 0.6) is 5.75 Å². The van der Waals surface area contributed by atoms with Gasteiger partial charge in [0.15, 0.2) is 0 Å². The highest BCUT2D eigenvalue weighted by Gasteiger charge is 2.12. The van der Waals surface area contributed by atoms with Crippen molar-refractivity contribution in [3.8, 4) is 5.75 Å². The second kappa shape index (κ2) is 5.94. The predicted octanol–water partition coefficient (Wildman–Crippen LogP) is 3.46. The van der Waals surface area contributed by atoms with Crippen molar-refractivity contribution in [3.05, 3.63) is 56.2 Å². The Morgan fingerprint density at radius 3 is 2.65 bits per heavy atom. The molecule has 1 aromatic carbocycles. The summed E-state index contributed by atoms with van der Waals surface area (Å²) in [4.78, 5) is 14.2. The van der Waals surface area contributed by atoms with Crippen LogP contribution in [-0.2, 0) is 6.61 Å². The van der Waals surface area contributed by atoms with Crippen LogP contribution < -0.4 is 10.5 Å². The van der Waals surface area contributed by atoms with E-state index < -0.39 is 4.92 Å². The van der Waals surface area contributed by atoms with E-state index in [1.165, 1.54) is 18.2 Å². The van der Waals surface area contributed by atoms with Crippen molar-refractivity contribution in [1.82, 2.24) is 4.98 Å². The van der Waals surface area contributed by atoms with Crippen LogP contribution in [0.3, 0.4) is 0 Å². The normalized spacial score (nSPS) is 10.3. The second-order valence-electron chi connectivity index (χ2n) is 3.83. The van der Waals surface area contributed by atoms with Crippen LogP contribution in [0.4, 0.5) is 11.5 Å². The number of anilines is 1. The average molecular weight is 314 g/mol. The lowest BCUT2D eigenvalue weighted by Crippen LogP contribution is -2.02. The first-order chi connectivity index (χ1) is 9.47. The van der Waals surface area contributed by atoms with Gasteiger partial charge in [-0.1, -0.05) is 23.2 Å². The maximum atomic E-state index is 10.7. The molecule has 0 fully saturated rings. The Morgan fingerprint density at radius 2 is 1.95 bits per heavy atom. The van der Waals surface area contributed by atoms with Crippen LogP contribution in [0.1, 0.15) is 5.69 Å². The highest BCUT2D eigenvalue weighted by atomic mass is 35.5. The van der Waals surface area contributed by atoms with Crippen molar-refractivity contribution in [2.24, 2.45) is 0 Å². The molecule has 20 heavy (non-hydrogen) atoms. The molecular formula is C12H9Cl2N3O3. The molecule has 2 aromatic rings. The predicted molar refractivity (Wildman–Crippen MR) is 76.1 cm³/mol. The monoisotopic (exact) mass is 313 g/mol. The van der Waals surface area contributed by atoms with Gasteiger partial charge >= 0.3 is 0 Å². The van der Waals surface area contributed by atoms with Crippen LogP contribution in [-0.4, -0.2) is 9.91 Å². The Morgan fingerprint density at radius 1 is 1.25 bits per heavy atom. The van der Waals surface area contributed by atoms with E-state index in [1.54, 1.807) is 12.1 Å². The Balaban J connectivity index is 2.20. The van der Waals surface area contributed by atoms with E-state index in [4.69, 9.17) is 33.7 Å². The molecule has 8 heteroatoms. The van der Waals surface area contributed by atoms with Crippen molar-refractivity contribution in [1.29, 1.82) is 0 Å². The molecule has 0 radical (unpaired) electrons. The summed E-state index contributed by atoms with van der Waals surface area (Å²) in [5, 5.41) is 11.3. The van der Waals surface area contributed by atoms with Gasteiger partial charge in [0, 0.05) is 6.07 Å². The summed E-state index contributed by atoms with van der Waals surface area (Å²) in [6.45, 7) is 0.00472. The minimum Gasteiger partial charge on any atom is -0.485 e. The molecule has 1 aromatic heterocycles. The van der Waals surface area contributed by atoms with Crippen molar-refractivity contribution >= 4 is 34.7 Å². The van der Waals surface area contributed by atoms with Gasteiger partial charge < -0.3 is 10.5 Å². The summed E-state index contributed by atoms with van der Waals surface area (Å²) < 4.78 is 5.41. The molecule has 0 bridgehead atoms. The third kappa shape index (κ3) is 3.28. The van der Waals surface area contributed by atoms with Gasteiger partial charge in [0.25, 0.3) is 5.69 Å². The molecule has 0 aliphatic heterocycles. The Bertz CT molecular complexity index is 664. The van der Waals surface area contributed by atoms with E-state index >= 15 is 0 Å². The highest BCUT2D eigenvalue weighted by molar-refractivity contribution is 6.32. The van der Waals surface area contributed by atoms with Gasteiger partial charge in [-0.2, -0.15) is 0 Å². The third-order valence-electron chi connectivity index (χ3n) is 2.43. The summed E-state index contributed by atoms with van der Waals surface area (Å²) in [7, 11) is 0. The number of ether oxygens (including phenoxy) is 1. The van der Waals surface area contributed by atoms with Crippen molar-refractivity contribution in [2.75, 3.05) is 5.73 Å². The van der Waals surface area contributed by atoms with E-state index in [9.17, 15) is 10.1 Å². The molecule has 104 valence electrons. The maximum absolute atomic E-state index is 10.7. The summed E-state index contributed by atoms with van der Waals surface area (Å²) in [6, 6.07) is 7.08. The maximum Gasteiger partial charge on any atom is 0.273 e. The fourth-order valence-electron chi connectivity index (χ4n) is 1.46. The number of nitro benzene ring substituents is 1. The van der Waals surface area contributed by atoms with E-state index in [0.717, 1.165) is 0 Å². The zero-order valence-electron chi connectivity index (χ0n) is 10.0. The van der Waals surface area contributed by atoms with Crippen LogP contribution in [0.25, 0.3) is 0 Å². The zero-order chi connectivity index (χ0) is 14.7. The first-order valence-corrected chi connectivity index (χ1v) is 6.20. The Hall–Kier alpha value is -2.05. The van der Waals surface area contributed by atoms with Crippen molar-refractivity contribution in [2.45, 2.75) is 6.61 Å². The molecule has 0 aliphatic carbocycles. The van der Waals surface area contributed by atoms with Gasteiger partial charge in [0.05, 0.1) is 26.7 Å². The summed E-state index contributed by atoms with van der Waals surface area (Å²) in [5.41, 5.74) is 5.86. The lowest BCUT2D eigenvalue weighted by molar-refractivity contribution is -0.384. The van der Waals surface area contributed by atoms with Crippen LogP contribution in [0, 0.1) is 10.1 Å².